The van der Waals surface area contributed by atoms with Crippen LogP contribution in [0.4, 0.5) is 0 Å². The minimum Gasteiger partial charge on any atom is -0.381 e. The van der Waals surface area contributed by atoms with Crippen molar-refractivity contribution >= 4 is 23.4 Å². The van der Waals surface area contributed by atoms with Crippen molar-refractivity contribution in [2.75, 3.05) is 25.6 Å². The summed E-state index contributed by atoms with van der Waals surface area (Å²) in [5.74, 6) is -0.635. The average Bonchev–Trinajstić information content (AvgIpc) is 2.27. The standard InChI is InChI=1S/C9H15ClN2O3/c10-5-8(13)11-6-9(14)12-7-1-3-15-4-2-7/h7H,1-6H2,(H,11,13)(H,12,14). The smallest absolute Gasteiger partial charge is 0.239 e. The zero-order valence-corrected chi connectivity index (χ0v) is 9.18. The van der Waals surface area contributed by atoms with Crippen LogP contribution in [0, 0.1) is 0 Å². The maximum absolute atomic E-state index is 11.3. The topological polar surface area (TPSA) is 67.4 Å². The van der Waals surface area contributed by atoms with Gasteiger partial charge in [0.2, 0.25) is 11.8 Å². The summed E-state index contributed by atoms with van der Waals surface area (Å²) in [6, 6.07) is 0.166. The second-order valence-corrected chi connectivity index (χ2v) is 3.63. The summed E-state index contributed by atoms with van der Waals surface area (Å²) in [6.07, 6.45) is 1.66. The van der Waals surface area contributed by atoms with E-state index < -0.39 is 0 Å². The van der Waals surface area contributed by atoms with E-state index >= 15 is 0 Å². The van der Waals surface area contributed by atoms with Gasteiger partial charge < -0.3 is 15.4 Å². The Morgan fingerprint density at radius 3 is 2.53 bits per heavy atom. The van der Waals surface area contributed by atoms with Crippen LogP contribution >= 0.6 is 11.6 Å². The van der Waals surface area contributed by atoms with Crippen molar-refractivity contribution < 1.29 is 14.3 Å². The van der Waals surface area contributed by atoms with Gasteiger partial charge in [-0.25, -0.2) is 0 Å². The molecule has 0 aromatic heterocycles. The highest BCUT2D eigenvalue weighted by atomic mass is 35.5. The summed E-state index contributed by atoms with van der Waals surface area (Å²) >= 11 is 5.27. The van der Waals surface area contributed by atoms with Gasteiger partial charge in [0, 0.05) is 19.3 Å². The van der Waals surface area contributed by atoms with Crippen LogP contribution in [-0.2, 0) is 14.3 Å². The van der Waals surface area contributed by atoms with Gasteiger partial charge in [0.05, 0.1) is 6.54 Å². The largest absolute Gasteiger partial charge is 0.381 e. The van der Waals surface area contributed by atoms with Crippen molar-refractivity contribution in [2.24, 2.45) is 0 Å². The van der Waals surface area contributed by atoms with Gasteiger partial charge in [0.15, 0.2) is 0 Å². The van der Waals surface area contributed by atoms with E-state index in [0.717, 1.165) is 12.8 Å². The molecule has 0 saturated carbocycles. The van der Waals surface area contributed by atoms with E-state index in [0.29, 0.717) is 13.2 Å². The van der Waals surface area contributed by atoms with Crippen LogP contribution < -0.4 is 10.6 Å². The van der Waals surface area contributed by atoms with Gasteiger partial charge in [-0.3, -0.25) is 9.59 Å². The number of nitrogens with one attached hydrogen (secondary N) is 2. The van der Waals surface area contributed by atoms with Crippen LogP contribution in [-0.4, -0.2) is 43.5 Å². The molecule has 0 spiro atoms. The molecule has 2 amide bonds. The molecule has 1 heterocycles. The Labute approximate surface area is 93.5 Å². The van der Waals surface area contributed by atoms with Gasteiger partial charge in [-0.05, 0) is 12.8 Å². The maximum Gasteiger partial charge on any atom is 0.239 e. The highest BCUT2D eigenvalue weighted by Crippen LogP contribution is 2.05. The highest BCUT2D eigenvalue weighted by Gasteiger charge is 2.15. The second kappa shape index (κ2) is 6.63. The summed E-state index contributed by atoms with van der Waals surface area (Å²) in [6.45, 7) is 1.35. The number of carbonyl (C=O) groups excluding carboxylic acids is 2. The summed E-state index contributed by atoms with van der Waals surface area (Å²) < 4.78 is 5.16. The van der Waals surface area contributed by atoms with Crippen LogP contribution in [0.15, 0.2) is 0 Å². The van der Waals surface area contributed by atoms with Gasteiger partial charge in [-0.1, -0.05) is 0 Å². The Kier molecular flexibility index (Phi) is 5.42. The van der Waals surface area contributed by atoms with E-state index in [1.165, 1.54) is 0 Å². The Bertz CT molecular complexity index is 229. The molecule has 0 aromatic rings. The summed E-state index contributed by atoms with van der Waals surface area (Å²) in [4.78, 5) is 22.1. The van der Waals surface area contributed by atoms with Crippen molar-refractivity contribution in [2.45, 2.75) is 18.9 Å². The molecule has 1 aliphatic heterocycles. The highest BCUT2D eigenvalue weighted by molar-refractivity contribution is 6.27. The van der Waals surface area contributed by atoms with E-state index in [-0.39, 0.29) is 30.3 Å². The molecule has 0 aromatic carbocycles. The van der Waals surface area contributed by atoms with Gasteiger partial charge >= 0.3 is 0 Å². The molecule has 2 N–H and O–H groups in total. The van der Waals surface area contributed by atoms with Gasteiger partial charge in [-0.15, -0.1) is 11.6 Å². The minimum absolute atomic E-state index is 0.0110. The predicted molar refractivity (Wildman–Crippen MR) is 55.7 cm³/mol. The lowest BCUT2D eigenvalue weighted by molar-refractivity contribution is -0.125. The SMILES string of the molecule is O=C(CCl)NCC(=O)NC1CCOCC1. The molecule has 1 fully saturated rings. The number of halogens is 1. The molecule has 0 unspecified atom stereocenters. The lowest BCUT2D eigenvalue weighted by Gasteiger charge is -2.23. The number of rotatable bonds is 4. The fourth-order valence-corrected chi connectivity index (χ4v) is 1.44. The van der Waals surface area contributed by atoms with E-state index in [9.17, 15) is 9.59 Å². The maximum atomic E-state index is 11.3. The number of carbonyl (C=O) groups is 2. The van der Waals surface area contributed by atoms with Gasteiger partial charge in [0.1, 0.15) is 5.88 Å². The second-order valence-electron chi connectivity index (χ2n) is 3.36. The first-order chi connectivity index (χ1) is 7.22. The first-order valence-corrected chi connectivity index (χ1v) is 5.45. The number of ether oxygens (including phenoxy) is 1. The van der Waals surface area contributed by atoms with Crippen LogP contribution in [0.25, 0.3) is 0 Å². The summed E-state index contributed by atoms with van der Waals surface area (Å²) in [7, 11) is 0. The molecule has 0 radical (unpaired) electrons. The number of hydrogen-bond donors (Lipinski definition) is 2. The molecule has 1 rings (SSSR count). The molecule has 0 atom stereocenters. The third-order valence-corrected chi connectivity index (χ3v) is 2.40. The Morgan fingerprint density at radius 2 is 1.93 bits per heavy atom. The molecule has 15 heavy (non-hydrogen) atoms. The summed E-state index contributed by atoms with van der Waals surface area (Å²) in [5, 5.41) is 5.23. The average molecular weight is 235 g/mol. The zero-order valence-electron chi connectivity index (χ0n) is 8.42. The van der Waals surface area contributed by atoms with Crippen LogP contribution in [0.2, 0.25) is 0 Å². The Balaban J connectivity index is 2.14. The predicted octanol–water partition coefficient (Wildman–Crippen LogP) is -0.363. The van der Waals surface area contributed by atoms with E-state index in [1.807, 2.05) is 0 Å². The third-order valence-electron chi connectivity index (χ3n) is 2.15. The number of hydrogen-bond acceptors (Lipinski definition) is 3. The molecule has 86 valence electrons. The Hall–Kier alpha value is -0.810. The number of alkyl halides is 1. The summed E-state index contributed by atoms with van der Waals surface area (Å²) in [5.41, 5.74) is 0. The normalized spacial score (nSPS) is 17.1. The van der Waals surface area contributed by atoms with Crippen LogP contribution in [0.3, 0.4) is 0 Å². The van der Waals surface area contributed by atoms with Crippen molar-refractivity contribution in [3.8, 4) is 0 Å². The fourth-order valence-electron chi connectivity index (χ4n) is 1.35. The zero-order chi connectivity index (χ0) is 11.1. The van der Waals surface area contributed by atoms with Crippen molar-refractivity contribution in [1.29, 1.82) is 0 Å². The number of amides is 2. The first-order valence-electron chi connectivity index (χ1n) is 4.92. The van der Waals surface area contributed by atoms with Gasteiger partial charge in [0.25, 0.3) is 0 Å². The fraction of sp³-hybridized carbons (Fsp3) is 0.778. The molecule has 5 nitrogen and oxygen atoms in total. The van der Waals surface area contributed by atoms with Gasteiger partial charge in [-0.2, -0.15) is 0 Å². The quantitative estimate of drug-likeness (QED) is 0.653. The molecular weight excluding hydrogens is 220 g/mol. The molecule has 1 aliphatic rings. The lowest BCUT2D eigenvalue weighted by atomic mass is 10.1. The van der Waals surface area contributed by atoms with Crippen molar-refractivity contribution in [3.05, 3.63) is 0 Å². The molecule has 1 saturated heterocycles. The minimum atomic E-state index is -0.334. The third kappa shape index (κ3) is 4.99. The van der Waals surface area contributed by atoms with E-state index in [1.54, 1.807) is 0 Å². The monoisotopic (exact) mass is 234 g/mol. The van der Waals surface area contributed by atoms with Crippen LogP contribution in [0.5, 0.6) is 0 Å². The first kappa shape index (κ1) is 12.3. The molecular formula is C9H15ClN2O3. The van der Waals surface area contributed by atoms with Crippen molar-refractivity contribution in [3.63, 3.8) is 0 Å². The Morgan fingerprint density at radius 1 is 1.27 bits per heavy atom. The van der Waals surface area contributed by atoms with Crippen LogP contribution in [0.1, 0.15) is 12.8 Å². The van der Waals surface area contributed by atoms with E-state index in [2.05, 4.69) is 10.6 Å². The molecule has 6 heteroatoms. The molecule has 0 bridgehead atoms. The van der Waals surface area contributed by atoms with Crippen molar-refractivity contribution in [1.82, 2.24) is 10.6 Å². The lowest BCUT2D eigenvalue weighted by Crippen LogP contribution is -2.44. The van der Waals surface area contributed by atoms with E-state index in [4.69, 9.17) is 16.3 Å². The molecule has 0 aliphatic carbocycles.